The van der Waals surface area contributed by atoms with E-state index in [0.717, 1.165) is 5.56 Å². The van der Waals surface area contributed by atoms with Gasteiger partial charge in [0.15, 0.2) is 0 Å². The first-order valence-corrected chi connectivity index (χ1v) is 6.32. The molecular formula is C13H10Cl3NO. The van der Waals surface area contributed by atoms with Crippen molar-refractivity contribution in [3.63, 3.8) is 0 Å². The Kier molecular flexibility index (Phi) is 4.23. The minimum Gasteiger partial charge on any atom is -0.487 e. The highest BCUT2D eigenvalue weighted by Gasteiger charge is 2.06. The molecule has 0 radical (unpaired) electrons. The maximum atomic E-state index is 6.06. The third kappa shape index (κ3) is 3.02. The Morgan fingerprint density at radius 1 is 1.06 bits per heavy atom. The Morgan fingerprint density at radius 3 is 2.56 bits per heavy atom. The summed E-state index contributed by atoms with van der Waals surface area (Å²) >= 11 is 17.8. The molecule has 0 saturated heterocycles. The van der Waals surface area contributed by atoms with E-state index in [1.165, 1.54) is 0 Å². The second kappa shape index (κ2) is 5.70. The molecule has 2 aromatic rings. The van der Waals surface area contributed by atoms with Crippen molar-refractivity contribution in [1.29, 1.82) is 0 Å². The van der Waals surface area contributed by atoms with E-state index in [-0.39, 0.29) is 0 Å². The van der Waals surface area contributed by atoms with E-state index in [9.17, 15) is 0 Å². The Morgan fingerprint density at radius 2 is 1.83 bits per heavy atom. The predicted molar refractivity (Wildman–Crippen MR) is 76.7 cm³/mol. The average molecular weight is 303 g/mol. The lowest BCUT2D eigenvalue weighted by Crippen LogP contribution is -1.99. The molecular weight excluding hydrogens is 293 g/mol. The van der Waals surface area contributed by atoms with Crippen molar-refractivity contribution in [1.82, 2.24) is 0 Å². The highest BCUT2D eigenvalue weighted by atomic mass is 35.5. The fraction of sp³-hybridized carbons (Fsp3) is 0.0769. The van der Waals surface area contributed by atoms with Crippen LogP contribution in [0.3, 0.4) is 0 Å². The number of hydrogen-bond acceptors (Lipinski definition) is 2. The number of ether oxygens (including phenoxy) is 1. The smallest absolute Gasteiger partial charge is 0.142 e. The van der Waals surface area contributed by atoms with E-state index in [0.29, 0.717) is 33.1 Å². The summed E-state index contributed by atoms with van der Waals surface area (Å²) in [5.41, 5.74) is 7.08. The fourth-order valence-corrected chi connectivity index (χ4v) is 2.02. The number of nitrogens with two attached hydrogens (primary N) is 1. The molecule has 0 aromatic heterocycles. The molecule has 5 heteroatoms. The first-order valence-electron chi connectivity index (χ1n) is 5.18. The normalized spacial score (nSPS) is 10.4. The van der Waals surface area contributed by atoms with Gasteiger partial charge < -0.3 is 10.5 Å². The second-order valence-electron chi connectivity index (χ2n) is 3.68. The van der Waals surface area contributed by atoms with Crippen LogP contribution in [0.25, 0.3) is 0 Å². The molecule has 18 heavy (non-hydrogen) atoms. The molecule has 0 amide bonds. The van der Waals surface area contributed by atoms with Gasteiger partial charge in [-0.25, -0.2) is 0 Å². The van der Waals surface area contributed by atoms with Crippen LogP contribution in [-0.4, -0.2) is 0 Å². The van der Waals surface area contributed by atoms with Gasteiger partial charge in [-0.2, -0.15) is 0 Å². The highest BCUT2D eigenvalue weighted by molar-refractivity contribution is 6.42. The van der Waals surface area contributed by atoms with Crippen molar-refractivity contribution in [3.05, 3.63) is 57.0 Å². The van der Waals surface area contributed by atoms with Gasteiger partial charge in [0.1, 0.15) is 12.4 Å². The summed E-state index contributed by atoms with van der Waals surface area (Å²) in [7, 11) is 0. The van der Waals surface area contributed by atoms with Crippen LogP contribution in [0, 0.1) is 0 Å². The Labute approximate surface area is 120 Å². The lowest BCUT2D eigenvalue weighted by atomic mass is 10.2. The lowest BCUT2D eigenvalue weighted by molar-refractivity contribution is 0.308. The van der Waals surface area contributed by atoms with Gasteiger partial charge in [0.05, 0.1) is 15.7 Å². The fourth-order valence-electron chi connectivity index (χ4n) is 1.47. The van der Waals surface area contributed by atoms with Gasteiger partial charge in [-0.15, -0.1) is 0 Å². The molecule has 2 aromatic carbocycles. The van der Waals surface area contributed by atoms with Crippen molar-refractivity contribution in [2.45, 2.75) is 6.61 Å². The van der Waals surface area contributed by atoms with Crippen molar-refractivity contribution < 1.29 is 4.74 Å². The van der Waals surface area contributed by atoms with Gasteiger partial charge in [-0.1, -0.05) is 46.9 Å². The van der Waals surface area contributed by atoms with Crippen LogP contribution in [0.15, 0.2) is 36.4 Å². The van der Waals surface area contributed by atoms with Gasteiger partial charge in [-0.05, 0) is 24.3 Å². The Hall–Kier alpha value is -1.09. The van der Waals surface area contributed by atoms with Crippen LogP contribution in [0.2, 0.25) is 15.1 Å². The summed E-state index contributed by atoms with van der Waals surface area (Å²) in [6.07, 6.45) is 0. The molecule has 0 heterocycles. The van der Waals surface area contributed by atoms with E-state index in [2.05, 4.69) is 0 Å². The topological polar surface area (TPSA) is 35.2 Å². The van der Waals surface area contributed by atoms with Crippen molar-refractivity contribution in [3.8, 4) is 5.75 Å². The molecule has 0 saturated carbocycles. The van der Waals surface area contributed by atoms with Gasteiger partial charge in [0, 0.05) is 10.6 Å². The summed E-state index contributed by atoms with van der Waals surface area (Å²) in [6, 6.07) is 10.5. The van der Waals surface area contributed by atoms with Crippen molar-refractivity contribution >= 4 is 40.5 Å². The van der Waals surface area contributed by atoms with Crippen LogP contribution in [0.4, 0.5) is 5.69 Å². The summed E-state index contributed by atoms with van der Waals surface area (Å²) in [6.45, 7) is 0.297. The summed E-state index contributed by atoms with van der Waals surface area (Å²) in [5.74, 6) is 0.565. The number of benzene rings is 2. The van der Waals surface area contributed by atoms with Crippen LogP contribution in [-0.2, 0) is 6.61 Å². The zero-order valence-electron chi connectivity index (χ0n) is 9.29. The third-order valence-electron chi connectivity index (χ3n) is 2.39. The molecule has 2 nitrogen and oxygen atoms in total. The molecule has 0 fully saturated rings. The Balaban J connectivity index is 2.14. The molecule has 0 aliphatic carbocycles. The molecule has 0 aliphatic heterocycles. The average Bonchev–Trinajstić information content (AvgIpc) is 2.33. The van der Waals surface area contributed by atoms with Crippen molar-refractivity contribution in [2.75, 3.05) is 5.73 Å². The molecule has 0 spiro atoms. The van der Waals surface area contributed by atoms with E-state index in [1.54, 1.807) is 24.3 Å². The second-order valence-corrected chi connectivity index (χ2v) is 4.91. The molecule has 0 atom stereocenters. The summed E-state index contributed by atoms with van der Waals surface area (Å²) < 4.78 is 5.59. The monoisotopic (exact) mass is 301 g/mol. The maximum absolute atomic E-state index is 6.06. The minimum absolute atomic E-state index is 0.297. The zero-order chi connectivity index (χ0) is 13.1. The lowest BCUT2D eigenvalue weighted by Gasteiger charge is -2.10. The largest absolute Gasteiger partial charge is 0.487 e. The molecule has 94 valence electrons. The molecule has 2 N–H and O–H groups in total. The van der Waals surface area contributed by atoms with Crippen molar-refractivity contribution in [2.24, 2.45) is 0 Å². The number of hydrogen-bond donors (Lipinski definition) is 1. The highest BCUT2D eigenvalue weighted by Crippen LogP contribution is 2.29. The quantitative estimate of drug-likeness (QED) is 0.826. The minimum atomic E-state index is 0.297. The van der Waals surface area contributed by atoms with Crippen LogP contribution >= 0.6 is 34.8 Å². The summed E-state index contributed by atoms with van der Waals surface area (Å²) in [5, 5.41) is 1.56. The molecule has 2 rings (SSSR count). The maximum Gasteiger partial charge on any atom is 0.142 e. The molecule has 0 bridgehead atoms. The van der Waals surface area contributed by atoms with Gasteiger partial charge in [0.25, 0.3) is 0 Å². The van der Waals surface area contributed by atoms with E-state index in [1.807, 2.05) is 12.1 Å². The van der Waals surface area contributed by atoms with Crippen LogP contribution in [0.5, 0.6) is 5.75 Å². The van der Waals surface area contributed by atoms with Gasteiger partial charge in [-0.3, -0.25) is 0 Å². The first-order chi connectivity index (χ1) is 8.58. The predicted octanol–water partition coefficient (Wildman–Crippen LogP) is 4.81. The molecule has 0 unspecified atom stereocenters. The number of nitrogen functional groups attached to an aromatic ring is 1. The van der Waals surface area contributed by atoms with Gasteiger partial charge >= 0.3 is 0 Å². The standard InChI is InChI=1S/C13H10Cl3NO/c14-9-4-5-12(11(17)6-9)18-7-8-2-1-3-10(15)13(8)16/h1-6H,7,17H2. The SMILES string of the molecule is Nc1cc(Cl)ccc1OCc1cccc(Cl)c1Cl. The van der Waals surface area contributed by atoms with E-state index < -0.39 is 0 Å². The molecule has 0 aliphatic rings. The Bertz CT molecular complexity index is 572. The number of rotatable bonds is 3. The number of anilines is 1. The zero-order valence-corrected chi connectivity index (χ0v) is 11.6. The van der Waals surface area contributed by atoms with Crippen LogP contribution < -0.4 is 10.5 Å². The first kappa shape index (κ1) is 13.3. The van der Waals surface area contributed by atoms with E-state index in [4.69, 9.17) is 45.3 Å². The van der Waals surface area contributed by atoms with Gasteiger partial charge in [0.2, 0.25) is 0 Å². The number of halogens is 3. The summed E-state index contributed by atoms with van der Waals surface area (Å²) in [4.78, 5) is 0. The van der Waals surface area contributed by atoms with E-state index >= 15 is 0 Å². The third-order valence-corrected chi connectivity index (χ3v) is 3.48. The van der Waals surface area contributed by atoms with Crippen LogP contribution in [0.1, 0.15) is 5.56 Å².